The third kappa shape index (κ3) is 48.0. The summed E-state index contributed by atoms with van der Waals surface area (Å²) in [6, 6.07) is 0. The normalized spacial score (nSPS) is 12.5. The summed E-state index contributed by atoms with van der Waals surface area (Å²) in [5, 5.41) is 0. The average Bonchev–Trinajstić information content (AvgIpc) is 3.26. The lowest BCUT2D eigenvalue weighted by molar-refractivity contribution is -0.167. The van der Waals surface area contributed by atoms with Crippen LogP contribution in [0.25, 0.3) is 0 Å². The molecule has 0 saturated carbocycles. The third-order valence-electron chi connectivity index (χ3n) is 11.0. The summed E-state index contributed by atoms with van der Waals surface area (Å²) in [7, 11) is 0. The molecule has 61 heavy (non-hydrogen) atoms. The summed E-state index contributed by atoms with van der Waals surface area (Å²) in [5.41, 5.74) is 0. The number of rotatable bonds is 46. The predicted octanol–water partition coefficient (Wildman–Crippen LogP) is 16.9. The van der Waals surface area contributed by atoms with Crippen LogP contribution in [-0.4, -0.2) is 37.2 Å². The van der Waals surface area contributed by atoms with Crippen LogP contribution in [0.1, 0.15) is 252 Å². The number of hydrogen-bond donors (Lipinski definition) is 0. The van der Waals surface area contributed by atoms with Crippen LogP contribution in [0.2, 0.25) is 0 Å². The summed E-state index contributed by atoms with van der Waals surface area (Å²) >= 11 is 0. The van der Waals surface area contributed by atoms with Crippen LogP contribution >= 0.6 is 0 Å². The van der Waals surface area contributed by atoms with Crippen molar-refractivity contribution in [3.05, 3.63) is 60.8 Å². The molecule has 0 radical (unpaired) electrons. The Kier molecular flexibility index (Phi) is 47.4. The average molecular weight is 853 g/mol. The fourth-order valence-electron chi connectivity index (χ4n) is 7.13. The third-order valence-corrected chi connectivity index (χ3v) is 11.0. The zero-order chi connectivity index (χ0) is 44.4. The Labute approximate surface area is 377 Å². The Morgan fingerprint density at radius 1 is 0.344 bits per heavy atom. The zero-order valence-corrected chi connectivity index (χ0v) is 40.2. The number of esters is 3. The molecule has 0 aromatic heterocycles. The molecule has 0 spiro atoms. The van der Waals surface area contributed by atoms with Gasteiger partial charge in [0, 0.05) is 19.3 Å². The van der Waals surface area contributed by atoms with Gasteiger partial charge in [0.25, 0.3) is 0 Å². The fourth-order valence-corrected chi connectivity index (χ4v) is 7.13. The molecule has 0 N–H and O–H groups in total. The van der Waals surface area contributed by atoms with E-state index >= 15 is 0 Å². The van der Waals surface area contributed by atoms with Gasteiger partial charge in [0.05, 0.1) is 0 Å². The van der Waals surface area contributed by atoms with E-state index in [2.05, 4.69) is 81.5 Å². The van der Waals surface area contributed by atoms with E-state index in [1.807, 2.05) is 0 Å². The SMILES string of the molecule is CCC=CCC=CCC=CCCCCCCCC(=O)OCC(COC(=O)CCCCCCCC=CCC=CCCCCC)OC(=O)CCCCCCCCCCCCCCC. The molecular weight excluding hydrogens is 757 g/mol. The minimum absolute atomic E-state index is 0.0856. The standard InChI is InChI=1S/C55H96O6/c1-4-7-10-13-16-19-22-25-27-30-32-35-38-41-44-47-53(56)59-50-52(61-55(58)49-46-43-40-37-34-29-24-21-18-15-12-9-6-3)51-60-54(57)48-45-42-39-36-33-31-28-26-23-20-17-14-11-8-5-2/h7,10,16-17,19-20,25-28,52H,4-6,8-9,11-15,18,21-24,29-51H2,1-3H3. The van der Waals surface area contributed by atoms with Gasteiger partial charge in [-0.1, -0.05) is 210 Å². The van der Waals surface area contributed by atoms with Gasteiger partial charge in [-0.05, 0) is 83.5 Å². The van der Waals surface area contributed by atoms with Crippen molar-refractivity contribution in [1.29, 1.82) is 0 Å². The molecule has 6 heteroatoms. The molecule has 352 valence electrons. The summed E-state index contributed by atoms with van der Waals surface area (Å²) in [5.74, 6) is -0.910. The first kappa shape index (κ1) is 58.1. The topological polar surface area (TPSA) is 78.9 Å². The number of unbranched alkanes of at least 4 members (excludes halogenated alkanes) is 25. The van der Waals surface area contributed by atoms with E-state index < -0.39 is 6.10 Å². The molecule has 0 aromatic carbocycles. The molecule has 0 aliphatic heterocycles. The van der Waals surface area contributed by atoms with Crippen molar-refractivity contribution in [1.82, 2.24) is 0 Å². The summed E-state index contributed by atoms with van der Waals surface area (Å²) in [6.45, 7) is 6.48. The monoisotopic (exact) mass is 853 g/mol. The Hall–Kier alpha value is -2.89. The lowest BCUT2D eigenvalue weighted by Crippen LogP contribution is -2.30. The van der Waals surface area contributed by atoms with Crippen LogP contribution in [0.3, 0.4) is 0 Å². The van der Waals surface area contributed by atoms with Crippen molar-refractivity contribution < 1.29 is 28.6 Å². The molecule has 6 nitrogen and oxygen atoms in total. The maximum atomic E-state index is 12.8. The van der Waals surface area contributed by atoms with Gasteiger partial charge in [-0.15, -0.1) is 0 Å². The molecule has 0 fully saturated rings. The Balaban J connectivity index is 4.41. The van der Waals surface area contributed by atoms with E-state index in [0.717, 1.165) is 116 Å². The van der Waals surface area contributed by atoms with Gasteiger partial charge in [-0.3, -0.25) is 14.4 Å². The van der Waals surface area contributed by atoms with Crippen molar-refractivity contribution >= 4 is 17.9 Å². The first-order valence-electron chi connectivity index (χ1n) is 25.8. The predicted molar refractivity (Wildman–Crippen MR) is 261 cm³/mol. The second kappa shape index (κ2) is 49.8. The first-order chi connectivity index (χ1) is 30.0. The molecule has 1 atom stereocenters. The maximum absolute atomic E-state index is 12.8. The molecule has 0 saturated heterocycles. The highest BCUT2D eigenvalue weighted by molar-refractivity contribution is 5.71. The molecule has 0 heterocycles. The highest BCUT2D eigenvalue weighted by Crippen LogP contribution is 2.15. The van der Waals surface area contributed by atoms with Gasteiger partial charge in [0.2, 0.25) is 0 Å². The summed E-state index contributed by atoms with van der Waals surface area (Å²) in [6.07, 6.45) is 60.5. The molecular formula is C55H96O6. The molecule has 0 aromatic rings. The number of allylic oxidation sites excluding steroid dienone is 10. The zero-order valence-electron chi connectivity index (χ0n) is 40.2. The molecule has 0 amide bonds. The second-order valence-electron chi connectivity index (χ2n) is 17.1. The van der Waals surface area contributed by atoms with E-state index in [1.54, 1.807) is 0 Å². The lowest BCUT2D eigenvalue weighted by Gasteiger charge is -2.18. The van der Waals surface area contributed by atoms with Gasteiger partial charge < -0.3 is 14.2 Å². The van der Waals surface area contributed by atoms with E-state index in [0.29, 0.717) is 19.3 Å². The van der Waals surface area contributed by atoms with Crippen LogP contribution in [0, 0.1) is 0 Å². The number of carbonyl (C=O) groups is 3. The van der Waals surface area contributed by atoms with E-state index in [-0.39, 0.29) is 31.1 Å². The van der Waals surface area contributed by atoms with Crippen molar-refractivity contribution in [2.75, 3.05) is 13.2 Å². The smallest absolute Gasteiger partial charge is 0.306 e. The van der Waals surface area contributed by atoms with Crippen molar-refractivity contribution in [3.8, 4) is 0 Å². The van der Waals surface area contributed by atoms with Crippen LogP contribution in [0.4, 0.5) is 0 Å². The minimum Gasteiger partial charge on any atom is -0.462 e. The van der Waals surface area contributed by atoms with Crippen LogP contribution in [0.15, 0.2) is 60.8 Å². The Morgan fingerprint density at radius 2 is 0.639 bits per heavy atom. The molecule has 0 rings (SSSR count). The van der Waals surface area contributed by atoms with Gasteiger partial charge >= 0.3 is 17.9 Å². The van der Waals surface area contributed by atoms with E-state index in [9.17, 15) is 14.4 Å². The van der Waals surface area contributed by atoms with Gasteiger partial charge in [0.1, 0.15) is 13.2 Å². The number of carbonyl (C=O) groups excluding carboxylic acids is 3. The summed E-state index contributed by atoms with van der Waals surface area (Å²) in [4.78, 5) is 38.0. The highest BCUT2D eigenvalue weighted by atomic mass is 16.6. The summed E-state index contributed by atoms with van der Waals surface area (Å²) < 4.78 is 16.8. The second-order valence-corrected chi connectivity index (χ2v) is 17.1. The van der Waals surface area contributed by atoms with Crippen molar-refractivity contribution in [3.63, 3.8) is 0 Å². The fraction of sp³-hybridized carbons (Fsp3) is 0.764. The molecule has 0 aliphatic rings. The number of ether oxygens (including phenoxy) is 3. The molecule has 0 aliphatic carbocycles. The van der Waals surface area contributed by atoms with Crippen LogP contribution in [-0.2, 0) is 28.6 Å². The van der Waals surface area contributed by atoms with Crippen molar-refractivity contribution in [2.45, 2.75) is 258 Å². The molecule has 1 unspecified atom stereocenters. The Bertz CT molecular complexity index is 1120. The van der Waals surface area contributed by atoms with E-state index in [1.165, 1.54) is 96.3 Å². The van der Waals surface area contributed by atoms with Gasteiger partial charge in [-0.25, -0.2) is 0 Å². The molecule has 0 bridgehead atoms. The van der Waals surface area contributed by atoms with Crippen LogP contribution < -0.4 is 0 Å². The van der Waals surface area contributed by atoms with Crippen molar-refractivity contribution in [2.24, 2.45) is 0 Å². The minimum atomic E-state index is -0.784. The largest absolute Gasteiger partial charge is 0.462 e. The lowest BCUT2D eigenvalue weighted by atomic mass is 10.0. The Morgan fingerprint density at radius 3 is 1.03 bits per heavy atom. The van der Waals surface area contributed by atoms with Gasteiger partial charge in [-0.2, -0.15) is 0 Å². The first-order valence-corrected chi connectivity index (χ1v) is 25.8. The van der Waals surface area contributed by atoms with Gasteiger partial charge in [0.15, 0.2) is 6.10 Å². The van der Waals surface area contributed by atoms with Crippen LogP contribution in [0.5, 0.6) is 0 Å². The van der Waals surface area contributed by atoms with E-state index in [4.69, 9.17) is 14.2 Å². The maximum Gasteiger partial charge on any atom is 0.306 e. The number of hydrogen-bond acceptors (Lipinski definition) is 6. The highest BCUT2D eigenvalue weighted by Gasteiger charge is 2.19. The quantitative estimate of drug-likeness (QED) is 0.0263.